The molecule has 0 saturated carbocycles. The Morgan fingerprint density at radius 3 is 2.82 bits per heavy atom. The second-order valence-corrected chi connectivity index (χ2v) is 7.92. The minimum absolute atomic E-state index is 0.0100. The summed E-state index contributed by atoms with van der Waals surface area (Å²) in [4.78, 5) is 15.0. The van der Waals surface area contributed by atoms with Crippen LogP contribution in [0.4, 0.5) is 0 Å². The number of piperidine rings is 1. The van der Waals surface area contributed by atoms with Crippen LogP contribution >= 0.6 is 0 Å². The van der Waals surface area contributed by atoms with Crippen LogP contribution in [0.3, 0.4) is 0 Å². The van der Waals surface area contributed by atoms with Gasteiger partial charge in [-0.05, 0) is 42.5 Å². The Bertz CT molecular complexity index is 948. The molecule has 2 heterocycles. The molecule has 1 aliphatic heterocycles. The van der Waals surface area contributed by atoms with E-state index in [1.54, 1.807) is 0 Å². The molecule has 4 rings (SSSR count). The number of amides is 1. The lowest BCUT2D eigenvalue weighted by atomic mass is 9.99. The zero-order chi connectivity index (χ0) is 19.3. The number of rotatable bonds is 6. The summed E-state index contributed by atoms with van der Waals surface area (Å²) in [6.45, 7) is 6.18. The summed E-state index contributed by atoms with van der Waals surface area (Å²) < 4.78 is 0. The zero-order valence-electron chi connectivity index (χ0n) is 16.4. The molecule has 0 spiro atoms. The fraction of sp³-hybridized carbons (Fsp3) is 0.391. The van der Waals surface area contributed by atoms with Crippen LogP contribution in [-0.4, -0.2) is 34.1 Å². The molecule has 3 aromatic rings. The number of carbonyl (C=O) groups excluding carboxylic acids is 1. The minimum atomic E-state index is 0.0100. The van der Waals surface area contributed by atoms with Crippen molar-refractivity contribution >= 4 is 16.8 Å². The summed E-state index contributed by atoms with van der Waals surface area (Å²) in [5.74, 6) is 0.778. The van der Waals surface area contributed by atoms with Gasteiger partial charge in [0.2, 0.25) is 5.91 Å². The van der Waals surface area contributed by atoms with E-state index in [1.165, 1.54) is 24.0 Å². The Morgan fingerprint density at radius 2 is 1.96 bits per heavy atom. The second-order valence-electron chi connectivity index (χ2n) is 7.92. The fourth-order valence-electron chi connectivity index (χ4n) is 4.12. The molecule has 1 fully saturated rings. The lowest BCUT2D eigenvalue weighted by Crippen LogP contribution is -2.34. The lowest BCUT2D eigenvalue weighted by Gasteiger charge is -2.31. The van der Waals surface area contributed by atoms with Crippen molar-refractivity contribution in [3.63, 3.8) is 0 Å². The van der Waals surface area contributed by atoms with E-state index in [1.807, 2.05) is 30.3 Å². The van der Waals surface area contributed by atoms with Gasteiger partial charge >= 0.3 is 0 Å². The Kier molecular flexibility index (Phi) is 5.72. The summed E-state index contributed by atoms with van der Waals surface area (Å²) in [7, 11) is 0. The molecule has 1 atom stereocenters. The van der Waals surface area contributed by atoms with Crippen molar-refractivity contribution in [2.75, 3.05) is 13.1 Å². The van der Waals surface area contributed by atoms with Gasteiger partial charge in [-0.15, -0.1) is 0 Å². The van der Waals surface area contributed by atoms with Gasteiger partial charge in [0.05, 0.1) is 17.6 Å². The number of nitrogens with one attached hydrogen (secondary N) is 2. The Hall–Kier alpha value is -2.66. The topological polar surface area (TPSA) is 61.0 Å². The van der Waals surface area contributed by atoms with Crippen LogP contribution in [0.15, 0.2) is 48.5 Å². The van der Waals surface area contributed by atoms with Crippen molar-refractivity contribution in [1.82, 2.24) is 20.4 Å². The molecule has 146 valence electrons. The predicted octanol–water partition coefficient (Wildman–Crippen LogP) is 3.65. The number of hydrogen-bond acceptors (Lipinski definition) is 3. The van der Waals surface area contributed by atoms with Crippen LogP contribution in [0.25, 0.3) is 10.9 Å². The Morgan fingerprint density at radius 1 is 1.18 bits per heavy atom. The molecule has 28 heavy (non-hydrogen) atoms. The van der Waals surface area contributed by atoms with Crippen LogP contribution in [-0.2, 0) is 24.3 Å². The SMILES string of the molecule is CC1CCCN(Cc2ccccc2CNC(=O)Cc2[nH]nc3ccccc23)C1. The normalized spacial score (nSPS) is 17.7. The average molecular weight is 377 g/mol. The van der Waals surface area contributed by atoms with Gasteiger partial charge in [-0.2, -0.15) is 5.10 Å². The maximum absolute atomic E-state index is 12.5. The highest BCUT2D eigenvalue weighted by atomic mass is 16.1. The maximum Gasteiger partial charge on any atom is 0.226 e. The second kappa shape index (κ2) is 8.57. The molecule has 0 aliphatic carbocycles. The van der Waals surface area contributed by atoms with Gasteiger partial charge in [0.1, 0.15) is 0 Å². The molecule has 2 N–H and O–H groups in total. The van der Waals surface area contributed by atoms with Crippen LogP contribution in [0.1, 0.15) is 36.6 Å². The van der Waals surface area contributed by atoms with Crippen molar-refractivity contribution in [2.45, 2.75) is 39.3 Å². The summed E-state index contributed by atoms with van der Waals surface area (Å²) in [6, 6.07) is 16.3. The number of carbonyl (C=O) groups is 1. The zero-order valence-corrected chi connectivity index (χ0v) is 16.4. The lowest BCUT2D eigenvalue weighted by molar-refractivity contribution is -0.120. The monoisotopic (exact) mass is 376 g/mol. The van der Waals surface area contributed by atoms with E-state index in [4.69, 9.17) is 0 Å². The number of H-pyrrole nitrogens is 1. The maximum atomic E-state index is 12.5. The van der Waals surface area contributed by atoms with Gasteiger partial charge in [-0.3, -0.25) is 14.8 Å². The summed E-state index contributed by atoms with van der Waals surface area (Å²) in [5, 5.41) is 11.4. The molecule has 2 aromatic carbocycles. The van der Waals surface area contributed by atoms with E-state index in [-0.39, 0.29) is 5.91 Å². The van der Waals surface area contributed by atoms with E-state index >= 15 is 0 Å². The molecular weight excluding hydrogens is 348 g/mol. The third-order valence-electron chi connectivity index (χ3n) is 5.61. The molecule has 5 heteroatoms. The van der Waals surface area contributed by atoms with E-state index in [2.05, 4.69) is 45.5 Å². The molecule has 1 aliphatic rings. The van der Waals surface area contributed by atoms with Crippen molar-refractivity contribution < 1.29 is 4.79 Å². The first-order chi connectivity index (χ1) is 13.7. The average Bonchev–Trinajstić information content (AvgIpc) is 3.10. The van der Waals surface area contributed by atoms with Gasteiger partial charge in [-0.25, -0.2) is 0 Å². The molecule has 0 radical (unpaired) electrons. The van der Waals surface area contributed by atoms with E-state index in [0.717, 1.165) is 42.1 Å². The molecule has 1 saturated heterocycles. The van der Waals surface area contributed by atoms with Crippen LogP contribution < -0.4 is 5.32 Å². The fourth-order valence-corrected chi connectivity index (χ4v) is 4.12. The van der Waals surface area contributed by atoms with Gasteiger partial charge in [0.25, 0.3) is 0 Å². The first kappa shape index (κ1) is 18.7. The van der Waals surface area contributed by atoms with Gasteiger partial charge in [0, 0.05) is 25.0 Å². The Labute approximate surface area is 166 Å². The van der Waals surface area contributed by atoms with Gasteiger partial charge in [-0.1, -0.05) is 49.4 Å². The number of nitrogens with zero attached hydrogens (tertiary/aromatic N) is 2. The molecule has 1 amide bonds. The van der Waals surface area contributed by atoms with Crippen LogP contribution in [0.2, 0.25) is 0 Å². The highest BCUT2D eigenvalue weighted by Crippen LogP contribution is 2.20. The summed E-state index contributed by atoms with van der Waals surface area (Å²) in [6.07, 6.45) is 2.92. The van der Waals surface area contributed by atoms with Crippen LogP contribution in [0.5, 0.6) is 0 Å². The summed E-state index contributed by atoms with van der Waals surface area (Å²) >= 11 is 0. The summed E-state index contributed by atoms with van der Waals surface area (Å²) in [5.41, 5.74) is 4.27. The molecule has 0 bridgehead atoms. The number of para-hydroxylation sites is 1. The molecule has 1 unspecified atom stereocenters. The standard InChI is InChI=1S/C23H28N4O/c1-17-7-6-12-27(15-17)16-19-9-3-2-8-18(19)14-24-23(28)13-22-20-10-4-5-11-21(20)25-26-22/h2-5,8-11,17H,6-7,12-16H2,1H3,(H,24,28)(H,25,26). The van der Waals surface area contributed by atoms with Crippen molar-refractivity contribution in [1.29, 1.82) is 0 Å². The third-order valence-corrected chi connectivity index (χ3v) is 5.61. The predicted molar refractivity (Wildman–Crippen MR) is 112 cm³/mol. The quantitative estimate of drug-likeness (QED) is 0.690. The first-order valence-corrected chi connectivity index (χ1v) is 10.2. The molecule has 5 nitrogen and oxygen atoms in total. The highest BCUT2D eigenvalue weighted by Gasteiger charge is 2.17. The number of hydrogen-bond donors (Lipinski definition) is 2. The molecule has 1 aromatic heterocycles. The van der Waals surface area contributed by atoms with E-state index < -0.39 is 0 Å². The van der Waals surface area contributed by atoms with Crippen LogP contribution in [0, 0.1) is 5.92 Å². The van der Waals surface area contributed by atoms with E-state index in [0.29, 0.717) is 13.0 Å². The Balaban J connectivity index is 1.37. The van der Waals surface area contributed by atoms with Crippen molar-refractivity contribution in [3.8, 4) is 0 Å². The van der Waals surface area contributed by atoms with Crippen molar-refractivity contribution in [2.24, 2.45) is 5.92 Å². The van der Waals surface area contributed by atoms with Gasteiger partial charge in [0.15, 0.2) is 0 Å². The number of aromatic amines is 1. The number of likely N-dealkylation sites (tertiary alicyclic amines) is 1. The first-order valence-electron chi connectivity index (χ1n) is 10.2. The number of benzene rings is 2. The number of aromatic nitrogens is 2. The van der Waals surface area contributed by atoms with Crippen molar-refractivity contribution in [3.05, 3.63) is 65.4 Å². The highest BCUT2D eigenvalue weighted by molar-refractivity contribution is 5.87. The molecular formula is C23H28N4O. The number of fused-ring (bicyclic) bond motifs is 1. The largest absolute Gasteiger partial charge is 0.352 e. The van der Waals surface area contributed by atoms with Gasteiger partial charge < -0.3 is 5.32 Å². The minimum Gasteiger partial charge on any atom is -0.352 e. The van der Waals surface area contributed by atoms with E-state index in [9.17, 15) is 4.79 Å². The third kappa shape index (κ3) is 4.42. The smallest absolute Gasteiger partial charge is 0.226 e.